The fraction of sp³-hybridized carbons (Fsp3) is 0.286. The summed E-state index contributed by atoms with van der Waals surface area (Å²) in [5.74, 6) is 0.0590. The van der Waals surface area contributed by atoms with E-state index in [4.69, 9.17) is 0 Å². The van der Waals surface area contributed by atoms with E-state index in [9.17, 15) is 13.2 Å². The van der Waals surface area contributed by atoms with E-state index in [1.54, 1.807) is 18.2 Å². The van der Waals surface area contributed by atoms with Crippen molar-refractivity contribution in [2.24, 2.45) is 0 Å². The van der Waals surface area contributed by atoms with Crippen molar-refractivity contribution in [3.63, 3.8) is 0 Å². The largest absolute Gasteiger partial charge is 0.295 e. The molecular weight excluding hydrogens is 290 g/mol. The lowest BCUT2D eigenvalue weighted by molar-refractivity contribution is 0.101. The first-order chi connectivity index (χ1) is 9.92. The molecule has 0 radical (unpaired) electrons. The van der Waals surface area contributed by atoms with Crippen LogP contribution in [0.1, 0.15) is 36.3 Å². The number of aromatic amines is 1. The van der Waals surface area contributed by atoms with Gasteiger partial charge in [-0.15, -0.1) is 0 Å². The molecule has 0 saturated heterocycles. The molecule has 2 aromatic rings. The lowest BCUT2D eigenvalue weighted by atomic mass is 10.2. The number of anilines is 1. The Balaban J connectivity index is 2.25. The maximum atomic E-state index is 12.3. The molecule has 21 heavy (non-hydrogen) atoms. The predicted molar refractivity (Wildman–Crippen MR) is 79.8 cm³/mol. The summed E-state index contributed by atoms with van der Waals surface area (Å²) in [4.78, 5) is 11.4. The molecule has 1 aromatic heterocycles. The summed E-state index contributed by atoms with van der Waals surface area (Å²) in [7, 11) is -3.76. The highest BCUT2D eigenvalue weighted by Crippen LogP contribution is 2.17. The van der Waals surface area contributed by atoms with Gasteiger partial charge < -0.3 is 0 Å². The molecule has 2 N–H and O–H groups in total. The van der Waals surface area contributed by atoms with Crippen molar-refractivity contribution >= 4 is 21.6 Å². The maximum absolute atomic E-state index is 12.3. The second-order valence-electron chi connectivity index (χ2n) is 4.72. The Hall–Kier alpha value is -2.15. The summed E-state index contributed by atoms with van der Waals surface area (Å²) < 4.78 is 26.9. The van der Waals surface area contributed by atoms with Crippen LogP contribution in [0.3, 0.4) is 0 Å². The molecule has 0 aliphatic heterocycles. The number of aryl methyl sites for hydroxylation is 1. The first-order valence-corrected chi connectivity index (χ1v) is 8.09. The van der Waals surface area contributed by atoms with Crippen molar-refractivity contribution in [2.45, 2.75) is 31.6 Å². The number of aromatic nitrogens is 2. The molecule has 1 heterocycles. The summed E-state index contributed by atoms with van der Waals surface area (Å²) >= 11 is 0. The highest BCUT2D eigenvalue weighted by atomic mass is 32.2. The van der Waals surface area contributed by atoms with E-state index in [-0.39, 0.29) is 16.5 Å². The lowest BCUT2D eigenvalue weighted by Gasteiger charge is -2.06. The third-order valence-corrected chi connectivity index (χ3v) is 4.29. The molecular formula is C14H17N3O3S. The Morgan fingerprint density at radius 3 is 2.76 bits per heavy atom. The molecule has 0 saturated carbocycles. The number of carbonyl (C=O) groups is 1. The van der Waals surface area contributed by atoms with E-state index in [2.05, 4.69) is 14.9 Å². The van der Waals surface area contributed by atoms with Gasteiger partial charge >= 0.3 is 0 Å². The molecule has 112 valence electrons. The van der Waals surface area contributed by atoms with Crippen molar-refractivity contribution in [2.75, 3.05) is 4.72 Å². The first-order valence-electron chi connectivity index (χ1n) is 6.60. The molecule has 0 fully saturated rings. The summed E-state index contributed by atoms with van der Waals surface area (Å²) in [6, 6.07) is 7.57. The normalized spacial score (nSPS) is 11.3. The van der Waals surface area contributed by atoms with E-state index in [1.165, 1.54) is 19.1 Å². The summed E-state index contributed by atoms with van der Waals surface area (Å²) in [5, 5.41) is 6.70. The van der Waals surface area contributed by atoms with Gasteiger partial charge in [-0.3, -0.25) is 14.6 Å². The van der Waals surface area contributed by atoms with Crippen molar-refractivity contribution in [1.29, 1.82) is 0 Å². The van der Waals surface area contributed by atoms with Gasteiger partial charge in [0.05, 0.1) is 4.90 Å². The maximum Gasteiger partial charge on any atom is 0.263 e. The second-order valence-corrected chi connectivity index (χ2v) is 6.40. The van der Waals surface area contributed by atoms with Crippen LogP contribution in [0, 0.1) is 0 Å². The molecule has 0 aliphatic carbocycles. The fourth-order valence-electron chi connectivity index (χ4n) is 1.89. The number of Topliss-reactive ketones (excluding diaryl/α,β-unsaturated/α-hetero) is 1. The van der Waals surface area contributed by atoms with Gasteiger partial charge in [0.15, 0.2) is 11.6 Å². The Morgan fingerprint density at radius 2 is 2.10 bits per heavy atom. The van der Waals surface area contributed by atoms with Crippen LogP contribution < -0.4 is 4.72 Å². The van der Waals surface area contributed by atoms with Crippen molar-refractivity contribution in [3.8, 4) is 0 Å². The Bertz CT molecular complexity index is 750. The van der Waals surface area contributed by atoms with E-state index in [0.717, 1.165) is 18.5 Å². The fourth-order valence-corrected chi connectivity index (χ4v) is 2.93. The van der Waals surface area contributed by atoms with Gasteiger partial charge in [0.25, 0.3) is 10.0 Å². The number of hydrogen-bond donors (Lipinski definition) is 2. The zero-order chi connectivity index (χ0) is 15.5. The minimum Gasteiger partial charge on any atom is -0.295 e. The van der Waals surface area contributed by atoms with Crippen molar-refractivity contribution < 1.29 is 13.2 Å². The molecule has 0 bridgehead atoms. The molecule has 7 heteroatoms. The van der Waals surface area contributed by atoms with Crippen molar-refractivity contribution in [3.05, 3.63) is 41.6 Å². The van der Waals surface area contributed by atoms with Gasteiger partial charge in [-0.1, -0.05) is 25.5 Å². The quantitative estimate of drug-likeness (QED) is 0.801. The van der Waals surface area contributed by atoms with Gasteiger partial charge in [0.1, 0.15) is 0 Å². The van der Waals surface area contributed by atoms with Gasteiger partial charge in [-0.25, -0.2) is 8.42 Å². The Kier molecular flexibility index (Phi) is 4.42. The number of rotatable bonds is 6. The average molecular weight is 307 g/mol. The number of benzene rings is 1. The van der Waals surface area contributed by atoms with Crippen molar-refractivity contribution in [1.82, 2.24) is 10.2 Å². The SMILES string of the molecule is CCCc1cc(NS(=O)(=O)c2cccc(C(C)=O)c2)n[nH]1. The topological polar surface area (TPSA) is 91.9 Å². The first kappa shape index (κ1) is 15.2. The predicted octanol–water partition coefficient (Wildman–Crippen LogP) is 2.37. The van der Waals surface area contributed by atoms with Gasteiger partial charge in [-0.2, -0.15) is 5.10 Å². The summed E-state index contributed by atoms with van der Waals surface area (Å²) in [6.45, 7) is 3.42. The van der Waals surface area contributed by atoms with Gasteiger partial charge in [0.2, 0.25) is 0 Å². The number of ketones is 1. The number of carbonyl (C=O) groups excluding carboxylic acids is 1. The van der Waals surface area contributed by atoms with Crippen LogP contribution in [0.15, 0.2) is 35.2 Å². The lowest BCUT2D eigenvalue weighted by Crippen LogP contribution is -2.13. The molecule has 6 nitrogen and oxygen atoms in total. The van der Waals surface area contributed by atoms with E-state index >= 15 is 0 Å². The zero-order valence-electron chi connectivity index (χ0n) is 11.9. The highest BCUT2D eigenvalue weighted by Gasteiger charge is 2.17. The second kappa shape index (κ2) is 6.09. The van der Waals surface area contributed by atoms with Crippen LogP contribution in [0.25, 0.3) is 0 Å². The molecule has 0 amide bonds. The molecule has 0 unspecified atom stereocenters. The van der Waals surface area contributed by atoms with Crippen LogP contribution in [0.2, 0.25) is 0 Å². The number of nitrogens with one attached hydrogen (secondary N) is 2. The smallest absolute Gasteiger partial charge is 0.263 e. The van der Waals surface area contributed by atoms with Crippen LogP contribution in [-0.4, -0.2) is 24.4 Å². The summed E-state index contributed by atoms with van der Waals surface area (Å²) in [6.07, 6.45) is 1.74. The molecule has 2 rings (SSSR count). The van der Waals surface area contributed by atoms with Crippen LogP contribution >= 0.6 is 0 Å². The molecule has 0 atom stereocenters. The third kappa shape index (κ3) is 3.69. The van der Waals surface area contributed by atoms with E-state index in [1.807, 2.05) is 6.92 Å². The van der Waals surface area contributed by atoms with Crippen LogP contribution in [-0.2, 0) is 16.4 Å². The average Bonchev–Trinajstić information content (AvgIpc) is 2.86. The zero-order valence-corrected chi connectivity index (χ0v) is 12.7. The number of hydrogen-bond acceptors (Lipinski definition) is 4. The third-order valence-electron chi connectivity index (χ3n) is 2.94. The number of H-pyrrole nitrogens is 1. The monoisotopic (exact) mass is 307 g/mol. The summed E-state index contributed by atoms with van der Waals surface area (Å²) in [5.41, 5.74) is 1.22. The van der Waals surface area contributed by atoms with Gasteiger partial charge in [0, 0.05) is 17.3 Å². The number of sulfonamides is 1. The highest BCUT2D eigenvalue weighted by molar-refractivity contribution is 7.92. The minimum absolute atomic E-state index is 0.0373. The van der Waals surface area contributed by atoms with Crippen LogP contribution in [0.4, 0.5) is 5.82 Å². The Labute approximate surface area is 123 Å². The van der Waals surface area contributed by atoms with E-state index < -0.39 is 10.0 Å². The van der Waals surface area contributed by atoms with Crippen LogP contribution in [0.5, 0.6) is 0 Å². The molecule has 0 aliphatic rings. The molecule has 0 spiro atoms. The Morgan fingerprint density at radius 1 is 1.33 bits per heavy atom. The van der Waals surface area contributed by atoms with Gasteiger partial charge in [-0.05, 0) is 25.5 Å². The minimum atomic E-state index is -3.76. The van der Waals surface area contributed by atoms with E-state index in [0.29, 0.717) is 5.56 Å². The standard InChI is InChI=1S/C14H17N3O3S/c1-3-5-12-9-14(16-15-12)17-21(19,20)13-7-4-6-11(8-13)10(2)18/h4,6-9H,3,5H2,1-2H3,(H2,15,16,17). The molecule has 1 aromatic carbocycles. The number of nitrogens with zero attached hydrogens (tertiary/aromatic N) is 1.